The van der Waals surface area contributed by atoms with E-state index in [1.54, 1.807) is 6.07 Å². The summed E-state index contributed by atoms with van der Waals surface area (Å²) in [5.74, 6) is 1.44. The molecule has 6 nitrogen and oxygen atoms in total. The van der Waals surface area contributed by atoms with E-state index in [9.17, 15) is 4.79 Å². The van der Waals surface area contributed by atoms with Crippen molar-refractivity contribution < 1.29 is 4.79 Å². The summed E-state index contributed by atoms with van der Waals surface area (Å²) >= 11 is 0. The molecule has 6 heteroatoms. The number of aromatic nitrogens is 2. The van der Waals surface area contributed by atoms with E-state index in [0.29, 0.717) is 18.2 Å². The molecule has 2 saturated heterocycles. The first kappa shape index (κ1) is 14.3. The highest BCUT2D eigenvalue weighted by Crippen LogP contribution is 2.16. The molecule has 2 fully saturated rings. The predicted molar refractivity (Wildman–Crippen MR) is 81.4 cm³/mol. The number of hydrogen-bond acceptors (Lipinski definition) is 5. The molecular weight excluding hydrogens is 266 g/mol. The highest BCUT2D eigenvalue weighted by atomic mass is 16.1. The van der Waals surface area contributed by atoms with Crippen molar-refractivity contribution in [2.75, 3.05) is 37.6 Å². The molecule has 2 N–H and O–H groups in total. The quantitative estimate of drug-likeness (QED) is 0.839. The molecule has 0 saturated carbocycles. The maximum Gasteiger partial charge on any atom is 0.271 e. The number of anilines is 1. The standard InChI is InChI=1S/C15H23N5O/c21-15(17-8-6-12-5-7-16-11-12)13-3-4-14(19-18-13)20-9-1-2-10-20/h3-4,12,16H,1-2,5-11H2,(H,17,21). The van der Waals surface area contributed by atoms with Gasteiger partial charge in [-0.25, -0.2) is 0 Å². The van der Waals surface area contributed by atoms with Gasteiger partial charge in [0.25, 0.3) is 5.91 Å². The van der Waals surface area contributed by atoms with E-state index in [1.165, 1.54) is 19.3 Å². The van der Waals surface area contributed by atoms with Crippen molar-refractivity contribution in [1.29, 1.82) is 0 Å². The first-order valence-corrected chi connectivity index (χ1v) is 7.90. The molecule has 0 spiro atoms. The number of amides is 1. The van der Waals surface area contributed by atoms with Gasteiger partial charge >= 0.3 is 0 Å². The maximum atomic E-state index is 12.0. The van der Waals surface area contributed by atoms with Gasteiger partial charge < -0.3 is 15.5 Å². The molecule has 0 aromatic carbocycles. The summed E-state index contributed by atoms with van der Waals surface area (Å²) in [6.45, 7) is 4.95. The molecule has 1 aromatic heterocycles. The molecule has 1 aromatic rings. The van der Waals surface area contributed by atoms with Crippen LogP contribution in [-0.4, -0.2) is 48.8 Å². The van der Waals surface area contributed by atoms with E-state index in [-0.39, 0.29) is 5.91 Å². The lowest BCUT2D eigenvalue weighted by Crippen LogP contribution is -2.28. The van der Waals surface area contributed by atoms with Gasteiger partial charge in [-0.05, 0) is 56.8 Å². The minimum atomic E-state index is -0.124. The van der Waals surface area contributed by atoms with Crippen molar-refractivity contribution in [2.24, 2.45) is 5.92 Å². The molecule has 3 heterocycles. The van der Waals surface area contributed by atoms with Gasteiger partial charge in [0.1, 0.15) is 0 Å². The van der Waals surface area contributed by atoms with Gasteiger partial charge in [-0.3, -0.25) is 4.79 Å². The second kappa shape index (κ2) is 6.85. The average molecular weight is 289 g/mol. The third kappa shape index (κ3) is 3.69. The summed E-state index contributed by atoms with van der Waals surface area (Å²) in [5, 5.41) is 14.5. The molecular formula is C15H23N5O. The molecule has 2 aliphatic rings. The van der Waals surface area contributed by atoms with E-state index in [0.717, 1.165) is 38.4 Å². The van der Waals surface area contributed by atoms with Gasteiger partial charge in [0, 0.05) is 19.6 Å². The second-order valence-corrected chi connectivity index (χ2v) is 5.87. The van der Waals surface area contributed by atoms with Crippen molar-refractivity contribution in [1.82, 2.24) is 20.8 Å². The number of rotatable bonds is 5. The van der Waals surface area contributed by atoms with Crippen LogP contribution in [0.3, 0.4) is 0 Å². The van der Waals surface area contributed by atoms with Crippen LogP contribution < -0.4 is 15.5 Å². The van der Waals surface area contributed by atoms with Crippen LogP contribution in [0.4, 0.5) is 5.82 Å². The zero-order valence-electron chi connectivity index (χ0n) is 12.3. The Bertz CT molecular complexity index is 463. The lowest BCUT2D eigenvalue weighted by atomic mass is 10.1. The smallest absolute Gasteiger partial charge is 0.271 e. The Morgan fingerprint density at radius 3 is 2.86 bits per heavy atom. The fourth-order valence-electron chi connectivity index (χ4n) is 3.00. The highest BCUT2D eigenvalue weighted by molar-refractivity contribution is 5.92. The summed E-state index contributed by atoms with van der Waals surface area (Å²) < 4.78 is 0. The Hall–Kier alpha value is -1.69. The van der Waals surface area contributed by atoms with Crippen molar-refractivity contribution in [3.8, 4) is 0 Å². The van der Waals surface area contributed by atoms with Crippen LogP contribution in [0.1, 0.15) is 36.2 Å². The predicted octanol–water partition coefficient (Wildman–Crippen LogP) is 0.806. The molecule has 2 aliphatic heterocycles. The van der Waals surface area contributed by atoms with Gasteiger partial charge in [0.15, 0.2) is 11.5 Å². The lowest BCUT2D eigenvalue weighted by Gasteiger charge is -2.15. The van der Waals surface area contributed by atoms with Gasteiger partial charge in [0.2, 0.25) is 0 Å². The molecule has 0 radical (unpaired) electrons. The van der Waals surface area contributed by atoms with Crippen LogP contribution in [0.5, 0.6) is 0 Å². The zero-order chi connectivity index (χ0) is 14.5. The van der Waals surface area contributed by atoms with Crippen molar-refractivity contribution >= 4 is 11.7 Å². The molecule has 114 valence electrons. The minimum absolute atomic E-state index is 0.124. The van der Waals surface area contributed by atoms with E-state index >= 15 is 0 Å². The average Bonchev–Trinajstić information content (AvgIpc) is 3.21. The van der Waals surface area contributed by atoms with E-state index in [1.807, 2.05) is 6.07 Å². The van der Waals surface area contributed by atoms with Crippen LogP contribution in [0.2, 0.25) is 0 Å². The van der Waals surface area contributed by atoms with Gasteiger partial charge in [-0.1, -0.05) is 0 Å². The molecule has 3 rings (SSSR count). The van der Waals surface area contributed by atoms with E-state index < -0.39 is 0 Å². The Morgan fingerprint density at radius 1 is 1.33 bits per heavy atom. The van der Waals surface area contributed by atoms with Crippen LogP contribution in [0.15, 0.2) is 12.1 Å². The Labute approximate surface area is 125 Å². The van der Waals surface area contributed by atoms with Gasteiger partial charge in [-0.2, -0.15) is 0 Å². The fraction of sp³-hybridized carbons (Fsp3) is 0.667. The molecule has 1 unspecified atom stereocenters. The topological polar surface area (TPSA) is 70.2 Å². The molecule has 1 amide bonds. The molecule has 21 heavy (non-hydrogen) atoms. The third-order valence-electron chi connectivity index (χ3n) is 4.31. The Morgan fingerprint density at radius 2 is 2.19 bits per heavy atom. The van der Waals surface area contributed by atoms with Crippen LogP contribution in [0, 0.1) is 5.92 Å². The number of carbonyl (C=O) groups excluding carboxylic acids is 1. The first-order valence-electron chi connectivity index (χ1n) is 7.90. The molecule has 0 aliphatic carbocycles. The Kier molecular flexibility index (Phi) is 4.65. The number of hydrogen-bond donors (Lipinski definition) is 2. The van der Waals surface area contributed by atoms with Crippen molar-refractivity contribution in [3.05, 3.63) is 17.8 Å². The van der Waals surface area contributed by atoms with E-state index in [4.69, 9.17) is 0 Å². The second-order valence-electron chi connectivity index (χ2n) is 5.87. The fourth-order valence-corrected chi connectivity index (χ4v) is 3.00. The lowest BCUT2D eigenvalue weighted by molar-refractivity contribution is 0.0945. The molecule has 0 bridgehead atoms. The van der Waals surface area contributed by atoms with Crippen molar-refractivity contribution in [2.45, 2.75) is 25.7 Å². The highest BCUT2D eigenvalue weighted by Gasteiger charge is 2.16. The van der Waals surface area contributed by atoms with Crippen LogP contribution in [0.25, 0.3) is 0 Å². The van der Waals surface area contributed by atoms with Gasteiger partial charge in [0.05, 0.1) is 0 Å². The van der Waals surface area contributed by atoms with E-state index in [2.05, 4.69) is 25.7 Å². The van der Waals surface area contributed by atoms with Gasteiger partial charge in [-0.15, -0.1) is 10.2 Å². The first-order chi connectivity index (χ1) is 10.3. The van der Waals surface area contributed by atoms with Crippen molar-refractivity contribution in [3.63, 3.8) is 0 Å². The SMILES string of the molecule is O=C(NCCC1CCNC1)c1ccc(N2CCCC2)nn1. The number of carbonyl (C=O) groups is 1. The largest absolute Gasteiger partial charge is 0.355 e. The summed E-state index contributed by atoms with van der Waals surface area (Å²) in [5.41, 5.74) is 0.405. The number of nitrogens with zero attached hydrogens (tertiary/aromatic N) is 3. The third-order valence-corrected chi connectivity index (χ3v) is 4.31. The molecule has 1 atom stereocenters. The number of nitrogens with one attached hydrogen (secondary N) is 2. The van der Waals surface area contributed by atoms with Crippen LogP contribution in [-0.2, 0) is 0 Å². The normalized spacial score (nSPS) is 21.7. The summed E-state index contributed by atoms with van der Waals surface area (Å²) in [4.78, 5) is 14.2. The minimum Gasteiger partial charge on any atom is -0.355 e. The Balaban J connectivity index is 1.47. The summed E-state index contributed by atoms with van der Waals surface area (Å²) in [7, 11) is 0. The summed E-state index contributed by atoms with van der Waals surface area (Å²) in [6, 6.07) is 3.67. The summed E-state index contributed by atoms with van der Waals surface area (Å²) in [6.07, 6.45) is 4.65. The zero-order valence-corrected chi connectivity index (χ0v) is 12.3. The van der Waals surface area contributed by atoms with Crippen LogP contribution >= 0.6 is 0 Å². The monoisotopic (exact) mass is 289 g/mol. The maximum absolute atomic E-state index is 12.0.